The topological polar surface area (TPSA) is 272 Å². The summed E-state index contributed by atoms with van der Waals surface area (Å²) in [7, 11) is 0. The van der Waals surface area contributed by atoms with Crippen LogP contribution in [0.3, 0.4) is 0 Å². The SMILES string of the molecule is Cc1cc2c(C(C)C)c(O)c(O)c(C=C3C(=O)NC(=O)NC3=O)c2c(O)c1-c1c(C)cc2c(C(C)C)c(O)c(O)c(C=C3C(=O)NC(=O)NC3=O)c2c1O. The molecular weight excluding hydrogens is 704 g/mol. The number of carbonyl (C=O) groups excluding carboxylic acids is 6. The summed E-state index contributed by atoms with van der Waals surface area (Å²) >= 11 is 0. The van der Waals surface area contributed by atoms with E-state index in [0.717, 1.165) is 12.2 Å². The molecule has 278 valence electrons. The first-order valence-corrected chi connectivity index (χ1v) is 16.5. The highest BCUT2D eigenvalue weighted by Crippen LogP contribution is 2.55. The molecule has 16 nitrogen and oxygen atoms in total. The molecule has 6 rings (SSSR count). The van der Waals surface area contributed by atoms with Crippen LogP contribution in [0.25, 0.3) is 44.8 Å². The van der Waals surface area contributed by atoms with Crippen LogP contribution in [0.15, 0.2) is 23.3 Å². The summed E-state index contributed by atoms with van der Waals surface area (Å²) in [5, 5.41) is 77.3. The Morgan fingerprint density at radius 1 is 0.481 bits per heavy atom. The van der Waals surface area contributed by atoms with Crippen molar-refractivity contribution >= 4 is 69.4 Å². The van der Waals surface area contributed by atoms with Gasteiger partial charge in [0.2, 0.25) is 0 Å². The Hall–Kier alpha value is -7.10. The first-order chi connectivity index (χ1) is 25.3. The third-order valence-electron chi connectivity index (χ3n) is 9.45. The average molecular weight is 739 g/mol. The number of benzene rings is 4. The number of carbonyl (C=O) groups is 6. The summed E-state index contributed by atoms with van der Waals surface area (Å²) in [6.45, 7) is 10.0. The van der Waals surface area contributed by atoms with Crippen molar-refractivity contribution in [2.24, 2.45) is 0 Å². The highest BCUT2D eigenvalue weighted by Gasteiger charge is 2.34. The molecule has 0 spiro atoms. The molecule has 2 aliphatic heterocycles. The Bertz CT molecular complexity index is 2330. The Balaban J connectivity index is 1.77. The second-order valence-corrected chi connectivity index (χ2v) is 13.6. The molecule has 8 amide bonds. The zero-order chi connectivity index (χ0) is 39.8. The number of aromatic hydroxyl groups is 6. The summed E-state index contributed by atoms with van der Waals surface area (Å²) in [4.78, 5) is 74.3. The van der Waals surface area contributed by atoms with E-state index in [1.165, 1.54) is 0 Å². The zero-order valence-electron chi connectivity index (χ0n) is 29.6. The average Bonchev–Trinajstić information content (AvgIpc) is 3.05. The van der Waals surface area contributed by atoms with Crippen molar-refractivity contribution in [1.29, 1.82) is 0 Å². The third kappa shape index (κ3) is 5.55. The van der Waals surface area contributed by atoms with Crippen LogP contribution in [0.1, 0.15) is 72.9 Å². The molecule has 0 radical (unpaired) electrons. The van der Waals surface area contributed by atoms with Crippen LogP contribution in [0.2, 0.25) is 0 Å². The van der Waals surface area contributed by atoms with Crippen molar-refractivity contribution in [2.45, 2.75) is 53.4 Å². The van der Waals surface area contributed by atoms with Crippen molar-refractivity contribution in [1.82, 2.24) is 21.3 Å². The number of urea groups is 2. The van der Waals surface area contributed by atoms with Gasteiger partial charge < -0.3 is 30.6 Å². The lowest BCUT2D eigenvalue weighted by Gasteiger charge is -2.24. The summed E-state index contributed by atoms with van der Waals surface area (Å²) < 4.78 is 0. The van der Waals surface area contributed by atoms with Gasteiger partial charge in [-0.05, 0) is 59.7 Å². The molecule has 2 heterocycles. The number of hydrogen-bond donors (Lipinski definition) is 10. The van der Waals surface area contributed by atoms with Crippen LogP contribution in [0.5, 0.6) is 34.5 Å². The maximum atomic E-state index is 12.7. The summed E-state index contributed by atoms with van der Waals surface area (Å²) in [6, 6.07) is 0.952. The van der Waals surface area contributed by atoms with Crippen LogP contribution in [0, 0.1) is 13.8 Å². The Kier molecular flexibility index (Phi) is 8.72. The third-order valence-corrected chi connectivity index (χ3v) is 9.45. The van der Waals surface area contributed by atoms with Gasteiger partial charge in [-0.2, -0.15) is 0 Å². The number of rotatable bonds is 5. The standard InChI is InChI=1S/C38H34N4O12/c1-11(2)21-15-7-13(5)23(29(45)25(15)17(27(43)31(21)47)9-19-33(49)39-37(53)40-34(19)50)24-14(6)8-16-22(12(3)4)32(48)28(44)18(26(16)30(24)46)10-20-35(51)41-38(54)42-36(20)52/h7-12,43-48H,1-6H3,(H2,39,40,49,50,53)(H2,41,42,51,52,54). The molecular formula is C38H34N4O12. The Morgan fingerprint density at radius 3 is 1.06 bits per heavy atom. The second kappa shape index (κ2) is 12.8. The minimum atomic E-state index is -1.12. The predicted octanol–water partition coefficient (Wildman–Crippen LogP) is 4.26. The number of fused-ring (bicyclic) bond motifs is 2. The van der Waals surface area contributed by atoms with Crippen molar-refractivity contribution in [3.63, 3.8) is 0 Å². The van der Waals surface area contributed by atoms with Gasteiger partial charge in [0, 0.05) is 44.2 Å². The lowest BCUT2D eigenvalue weighted by Crippen LogP contribution is -2.51. The summed E-state index contributed by atoms with van der Waals surface area (Å²) in [6.07, 6.45) is 1.80. The van der Waals surface area contributed by atoms with Crippen molar-refractivity contribution < 1.29 is 59.4 Å². The van der Waals surface area contributed by atoms with Gasteiger partial charge in [-0.15, -0.1) is 0 Å². The van der Waals surface area contributed by atoms with Crippen LogP contribution in [-0.2, 0) is 19.2 Å². The van der Waals surface area contributed by atoms with Crippen molar-refractivity contribution in [3.05, 3.63) is 56.7 Å². The Morgan fingerprint density at radius 2 is 0.778 bits per heavy atom. The lowest BCUT2D eigenvalue weighted by molar-refractivity contribution is -0.125. The van der Waals surface area contributed by atoms with Gasteiger partial charge in [0.25, 0.3) is 23.6 Å². The van der Waals surface area contributed by atoms with E-state index in [-0.39, 0.29) is 54.9 Å². The smallest absolute Gasteiger partial charge is 0.328 e. The van der Waals surface area contributed by atoms with Gasteiger partial charge in [-0.25, -0.2) is 9.59 Å². The number of phenolic OH excluding ortho intramolecular Hbond substituents is 6. The fourth-order valence-corrected chi connectivity index (χ4v) is 7.16. The van der Waals surface area contributed by atoms with Crippen molar-refractivity contribution in [2.75, 3.05) is 0 Å². The molecule has 16 heteroatoms. The van der Waals surface area contributed by atoms with Gasteiger partial charge in [0.05, 0.1) is 0 Å². The Labute approximate surface area is 305 Å². The van der Waals surface area contributed by atoms with E-state index in [2.05, 4.69) is 0 Å². The van der Waals surface area contributed by atoms with Crippen LogP contribution in [-0.4, -0.2) is 66.3 Å². The van der Waals surface area contributed by atoms with Gasteiger partial charge in [0.1, 0.15) is 22.6 Å². The number of barbiturate groups is 2. The largest absolute Gasteiger partial charge is 0.507 e. The van der Waals surface area contributed by atoms with E-state index >= 15 is 0 Å². The van der Waals surface area contributed by atoms with Crippen LogP contribution < -0.4 is 21.3 Å². The van der Waals surface area contributed by atoms with Crippen LogP contribution >= 0.6 is 0 Å². The zero-order valence-corrected chi connectivity index (χ0v) is 29.6. The van der Waals surface area contributed by atoms with Gasteiger partial charge >= 0.3 is 12.1 Å². The number of phenols is 6. The summed E-state index contributed by atoms with van der Waals surface area (Å²) in [5.74, 6) is -9.36. The molecule has 4 aromatic carbocycles. The maximum absolute atomic E-state index is 12.7. The van der Waals surface area contributed by atoms with Gasteiger partial charge in [0.15, 0.2) is 23.0 Å². The minimum Gasteiger partial charge on any atom is -0.507 e. The molecule has 0 bridgehead atoms. The number of amides is 8. The molecule has 54 heavy (non-hydrogen) atoms. The normalized spacial score (nSPS) is 14.9. The highest BCUT2D eigenvalue weighted by atomic mass is 16.3. The van der Waals surface area contributed by atoms with Crippen LogP contribution in [0.4, 0.5) is 9.59 Å². The van der Waals surface area contributed by atoms with E-state index in [1.807, 2.05) is 21.3 Å². The number of nitrogens with one attached hydrogen (secondary N) is 4. The molecule has 2 saturated heterocycles. The molecule has 0 saturated carbocycles. The molecule has 2 aliphatic rings. The van der Waals surface area contributed by atoms with Gasteiger partial charge in [-0.3, -0.25) is 40.4 Å². The van der Waals surface area contributed by atoms with E-state index < -0.39 is 93.2 Å². The quantitative estimate of drug-likeness (QED) is 0.0782. The lowest BCUT2D eigenvalue weighted by atomic mass is 9.82. The van der Waals surface area contributed by atoms with E-state index in [9.17, 15) is 59.4 Å². The molecule has 0 unspecified atom stereocenters. The molecule has 0 atom stereocenters. The second-order valence-electron chi connectivity index (χ2n) is 13.6. The molecule has 4 aromatic rings. The highest BCUT2D eigenvalue weighted by molar-refractivity contribution is 6.32. The fraction of sp³-hybridized carbons (Fsp3) is 0.211. The summed E-state index contributed by atoms with van der Waals surface area (Å²) in [5.41, 5.74) is -1.08. The first kappa shape index (κ1) is 36.7. The molecule has 10 N–H and O–H groups in total. The fourth-order valence-electron chi connectivity index (χ4n) is 7.16. The first-order valence-electron chi connectivity index (χ1n) is 16.5. The van der Waals surface area contributed by atoms with Gasteiger partial charge in [-0.1, -0.05) is 39.8 Å². The molecule has 0 aliphatic carbocycles. The molecule has 2 fully saturated rings. The number of aryl methyl sites for hydroxylation is 2. The number of hydrogen-bond acceptors (Lipinski definition) is 12. The monoisotopic (exact) mass is 738 g/mol. The minimum absolute atomic E-state index is 0.0393. The van der Waals surface area contributed by atoms with E-state index in [1.54, 1.807) is 53.7 Å². The molecule has 0 aromatic heterocycles. The predicted molar refractivity (Wildman–Crippen MR) is 194 cm³/mol. The van der Waals surface area contributed by atoms with E-state index in [0.29, 0.717) is 11.1 Å². The van der Waals surface area contributed by atoms with Crippen molar-refractivity contribution in [3.8, 4) is 45.6 Å². The maximum Gasteiger partial charge on any atom is 0.328 e. The number of imide groups is 4. The van der Waals surface area contributed by atoms with E-state index in [4.69, 9.17) is 0 Å².